The van der Waals surface area contributed by atoms with Crippen LogP contribution in [0.25, 0.3) is 0 Å². The first-order valence-corrected chi connectivity index (χ1v) is 6.97. The molecule has 22 heavy (non-hydrogen) atoms. The highest BCUT2D eigenvalue weighted by atomic mass is 19.1. The van der Waals surface area contributed by atoms with Gasteiger partial charge in [0.05, 0.1) is 12.8 Å². The van der Waals surface area contributed by atoms with Crippen LogP contribution in [0.4, 0.5) is 14.9 Å². The van der Waals surface area contributed by atoms with Crippen LogP contribution < -0.4 is 4.90 Å². The first-order chi connectivity index (χ1) is 10.1. The maximum absolute atomic E-state index is 13.6. The summed E-state index contributed by atoms with van der Waals surface area (Å²) in [5.41, 5.74) is -0.850. The molecule has 1 heterocycles. The minimum Gasteiger partial charge on any atom is -0.468 e. The number of fused-ring (bicyclic) bond motifs is 1. The summed E-state index contributed by atoms with van der Waals surface area (Å²) in [5, 5.41) is 0. The predicted octanol–water partition coefficient (Wildman–Crippen LogP) is 3.01. The predicted molar refractivity (Wildman–Crippen MR) is 79.3 cm³/mol. The third kappa shape index (κ3) is 2.77. The monoisotopic (exact) mass is 309 g/mol. The van der Waals surface area contributed by atoms with Gasteiger partial charge in [0.25, 0.3) is 0 Å². The largest absolute Gasteiger partial charge is 0.468 e. The van der Waals surface area contributed by atoms with Gasteiger partial charge in [0.15, 0.2) is 0 Å². The lowest BCUT2D eigenvalue weighted by molar-refractivity contribution is -0.146. The fourth-order valence-electron chi connectivity index (χ4n) is 2.56. The highest BCUT2D eigenvalue weighted by Crippen LogP contribution is 2.42. The Kier molecular flexibility index (Phi) is 3.89. The van der Waals surface area contributed by atoms with Gasteiger partial charge in [-0.15, -0.1) is 0 Å². The van der Waals surface area contributed by atoms with Crippen molar-refractivity contribution in [3.8, 4) is 0 Å². The molecular formula is C16H20FNO4. The van der Waals surface area contributed by atoms with Crippen LogP contribution in [0.1, 0.15) is 33.3 Å². The maximum Gasteiger partial charge on any atom is 0.414 e. The molecule has 1 aliphatic rings. The number of anilines is 1. The number of carbonyl (C=O) groups excluding carboxylic acids is 2. The fraction of sp³-hybridized carbons (Fsp3) is 0.500. The Balaban J connectivity index is 2.46. The van der Waals surface area contributed by atoms with Crippen molar-refractivity contribution in [2.45, 2.75) is 38.7 Å². The summed E-state index contributed by atoms with van der Waals surface area (Å²) in [6.45, 7) is 6.94. The first-order valence-electron chi connectivity index (χ1n) is 6.97. The van der Waals surface area contributed by atoms with Crippen molar-refractivity contribution in [2.24, 2.45) is 0 Å². The highest BCUT2D eigenvalue weighted by molar-refractivity contribution is 5.98. The zero-order valence-corrected chi connectivity index (χ0v) is 13.4. The molecule has 1 aromatic rings. The van der Waals surface area contributed by atoms with Gasteiger partial charge < -0.3 is 9.47 Å². The van der Waals surface area contributed by atoms with E-state index in [1.807, 2.05) is 0 Å². The van der Waals surface area contributed by atoms with E-state index in [0.717, 1.165) is 0 Å². The fourth-order valence-corrected chi connectivity index (χ4v) is 2.56. The van der Waals surface area contributed by atoms with E-state index in [9.17, 15) is 14.0 Å². The molecule has 2 rings (SSSR count). The molecule has 1 unspecified atom stereocenters. The molecule has 0 bridgehead atoms. The molecule has 0 saturated carbocycles. The lowest BCUT2D eigenvalue weighted by atomic mass is 9.84. The molecule has 1 amide bonds. The zero-order valence-electron chi connectivity index (χ0n) is 13.4. The van der Waals surface area contributed by atoms with Gasteiger partial charge in [-0.25, -0.2) is 9.18 Å². The number of hydrogen-bond donors (Lipinski definition) is 0. The van der Waals surface area contributed by atoms with Gasteiger partial charge in [0.1, 0.15) is 16.8 Å². The number of methoxy groups -OCH3 is 1. The van der Waals surface area contributed by atoms with Crippen LogP contribution in [0.2, 0.25) is 0 Å². The van der Waals surface area contributed by atoms with E-state index >= 15 is 0 Å². The van der Waals surface area contributed by atoms with Crippen LogP contribution in [-0.4, -0.2) is 31.3 Å². The van der Waals surface area contributed by atoms with Crippen molar-refractivity contribution in [3.63, 3.8) is 0 Å². The van der Waals surface area contributed by atoms with E-state index < -0.39 is 28.9 Å². The zero-order chi connectivity index (χ0) is 16.7. The average molecular weight is 309 g/mol. The van der Waals surface area contributed by atoms with Crippen molar-refractivity contribution in [1.82, 2.24) is 0 Å². The molecule has 0 N–H and O–H groups in total. The smallest absolute Gasteiger partial charge is 0.414 e. The van der Waals surface area contributed by atoms with E-state index in [2.05, 4.69) is 0 Å². The number of amides is 1. The summed E-state index contributed by atoms with van der Waals surface area (Å²) in [6.07, 6.45) is -0.619. The number of carbonyl (C=O) groups is 2. The number of esters is 1. The Hall–Kier alpha value is -2.11. The van der Waals surface area contributed by atoms with Gasteiger partial charge in [0.2, 0.25) is 0 Å². The lowest BCUT2D eigenvalue weighted by Gasteiger charge is -2.26. The van der Waals surface area contributed by atoms with E-state index in [4.69, 9.17) is 9.47 Å². The number of benzene rings is 1. The van der Waals surface area contributed by atoms with Crippen LogP contribution in [0.15, 0.2) is 18.2 Å². The molecule has 120 valence electrons. The molecule has 1 aliphatic heterocycles. The number of hydrogen-bond acceptors (Lipinski definition) is 4. The van der Waals surface area contributed by atoms with Crippen LogP contribution in [0, 0.1) is 5.82 Å². The van der Waals surface area contributed by atoms with E-state index in [1.165, 1.54) is 30.2 Å². The van der Waals surface area contributed by atoms with Gasteiger partial charge in [-0.2, -0.15) is 0 Å². The lowest BCUT2D eigenvalue weighted by Crippen LogP contribution is -2.42. The summed E-state index contributed by atoms with van der Waals surface area (Å²) >= 11 is 0. The van der Waals surface area contributed by atoms with E-state index in [0.29, 0.717) is 11.3 Å². The molecule has 0 aromatic heterocycles. The molecule has 0 saturated heterocycles. The minimum atomic E-state index is -1.05. The van der Waals surface area contributed by atoms with Gasteiger partial charge in [-0.1, -0.05) is 6.07 Å². The van der Waals surface area contributed by atoms with Crippen molar-refractivity contribution in [1.29, 1.82) is 0 Å². The molecule has 1 aromatic carbocycles. The molecule has 5 nitrogen and oxygen atoms in total. The minimum absolute atomic E-state index is 0.0490. The highest BCUT2D eigenvalue weighted by Gasteiger charge is 2.48. The van der Waals surface area contributed by atoms with Crippen molar-refractivity contribution in [3.05, 3.63) is 29.6 Å². The van der Waals surface area contributed by atoms with Gasteiger partial charge in [0, 0.05) is 6.54 Å². The third-order valence-corrected chi connectivity index (χ3v) is 3.57. The number of nitrogens with zero attached hydrogens (tertiary/aromatic N) is 1. The molecular weight excluding hydrogens is 289 g/mol. The number of halogens is 1. The van der Waals surface area contributed by atoms with Gasteiger partial charge >= 0.3 is 12.1 Å². The van der Waals surface area contributed by atoms with Crippen molar-refractivity contribution >= 4 is 17.7 Å². The Morgan fingerprint density at radius 1 is 1.32 bits per heavy atom. The van der Waals surface area contributed by atoms with Crippen LogP contribution >= 0.6 is 0 Å². The second kappa shape index (κ2) is 5.26. The Morgan fingerprint density at radius 3 is 2.50 bits per heavy atom. The van der Waals surface area contributed by atoms with Crippen molar-refractivity contribution in [2.75, 3.05) is 18.6 Å². The second-order valence-electron chi connectivity index (χ2n) is 6.55. The summed E-state index contributed by atoms with van der Waals surface area (Å²) in [4.78, 5) is 25.8. The summed E-state index contributed by atoms with van der Waals surface area (Å²) in [7, 11) is 1.28. The summed E-state index contributed by atoms with van der Waals surface area (Å²) in [6, 6.07) is 4.00. The average Bonchev–Trinajstić information content (AvgIpc) is 2.70. The van der Waals surface area contributed by atoms with Crippen LogP contribution in [-0.2, 0) is 19.7 Å². The molecule has 0 aliphatic carbocycles. The van der Waals surface area contributed by atoms with E-state index in [-0.39, 0.29) is 6.54 Å². The van der Waals surface area contributed by atoms with E-state index in [1.54, 1.807) is 27.7 Å². The SMILES string of the molecule is COC(=O)C1(C)CN(C(=O)OC(C)(C)C)c2cc(F)ccc21. The second-order valence-corrected chi connectivity index (χ2v) is 6.55. The van der Waals surface area contributed by atoms with Crippen LogP contribution in [0.5, 0.6) is 0 Å². The molecule has 6 heteroatoms. The Labute approximate surface area is 129 Å². The third-order valence-electron chi connectivity index (χ3n) is 3.57. The normalized spacial score (nSPS) is 20.5. The molecule has 0 fully saturated rings. The Bertz CT molecular complexity index is 623. The Morgan fingerprint density at radius 2 is 1.95 bits per heavy atom. The van der Waals surface area contributed by atoms with Crippen molar-refractivity contribution < 1.29 is 23.5 Å². The molecule has 0 spiro atoms. The van der Waals surface area contributed by atoms with Gasteiger partial charge in [-0.3, -0.25) is 9.69 Å². The molecule has 0 radical (unpaired) electrons. The topological polar surface area (TPSA) is 55.8 Å². The standard InChI is InChI=1S/C16H20FNO4/c1-15(2,3)22-14(20)18-9-16(4,13(19)21-5)11-7-6-10(17)8-12(11)18/h6-8H,9H2,1-5H3. The first kappa shape index (κ1) is 16.3. The number of ether oxygens (including phenoxy) is 2. The summed E-state index contributed by atoms with van der Waals surface area (Å²) < 4.78 is 23.8. The number of rotatable bonds is 1. The quantitative estimate of drug-likeness (QED) is 0.748. The van der Waals surface area contributed by atoms with Crippen LogP contribution in [0.3, 0.4) is 0 Å². The maximum atomic E-state index is 13.6. The summed E-state index contributed by atoms with van der Waals surface area (Å²) in [5.74, 6) is -0.965. The molecule has 1 atom stereocenters. The van der Waals surface area contributed by atoms with Gasteiger partial charge in [-0.05, 0) is 45.4 Å².